The van der Waals surface area contributed by atoms with E-state index in [2.05, 4.69) is 37.9 Å². The molecule has 0 aliphatic carbocycles. The molecule has 3 heteroatoms. The van der Waals surface area contributed by atoms with Gasteiger partial charge in [-0.1, -0.05) is 6.92 Å². The van der Waals surface area contributed by atoms with Crippen molar-refractivity contribution in [2.75, 3.05) is 26.4 Å². The number of hydrogen-bond acceptors (Lipinski definition) is 3. The molecular weight excluding hydrogens is 188 g/mol. The lowest BCUT2D eigenvalue weighted by molar-refractivity contribution is -0.0736. The third kappa shape index (κ3) is 4.09. The lowest BCUT2D eigenvalue weighted by Gasteiger charge is -2.30. The van der Waals surface area contributed by atoms with Crippen molar-refractivity contribution in [1.29, 1.82) is 0 Å². The Morgan fingerprint density at radius 1 is 1.47 bits per heavy atom. The van der Waals surface area contributed by atoms with Crippen LogP contribution in [0.3, 0.4) is 0 Å². The largest absolute Gasteiger partial charge is 0.359 e. The molecule has 0 aromatic rings. The minimum Gasteiger partial charge on any atom is -0.359 e. The van der Waals surface area contributed by atoms with Gasteiger partial charge in [0.2, 0.25) is 0 Å². The van der Waals surface area contributed by atoms with Crippen molar-refractivity contribution in [3.63, 3.8) is 0 Å². The predicted octanol–water partition coefficient (Wildman–Crippen LogP) is 1.83. The number of rotatable bonds is 4. The maximum atomic E-state index is 6.03. The van der Waals surface area contributed by atoms with Gasteiger partial charge in [-0.15, -0.1) is 0 Å². The Kier molecular flexibility index (Phi) is 5.03. The first-order valence-electron chi connectivity index (χ1n) is 6.16. The summed E-state index contributed by atoms with van der Waals surface area (Å²) in [7, 11) is 0. The SMILES string of the molecule is CCNCC1(C)CCCN(C(C)C)CO1. The van der Waals surface area contributed by atoms with Crippen LogP contribution in [0.25, 0.3) is 0 Å². The van der Waals surface area contributed by atoms with Gasteiger partial charge in [0.15, 0.2) is 0 Å². The molecule has 1 heterocycles. The first kappa shape index (κ1) is 12.9. The van der Waals surface area contributed by atoms with Gasteiger partial charge >= 0.3 is 0 Å². The van der Waals surface area contributed by atoms with Crippen LogP contribution in [-0.4, -0.2) is 42.9 Å². The summed E-state index contributed by atoms with van der Waals surface area (Å²) >= 11 is 0. The average molecular weight is 214 g/mol. The fourth-order valence-corrected chi connectivity index (χ4v) is 1.97. The zero-order chi connectivity index (χ0) is 11.3. The van der Waals surface area contributed by atoms with Gasteiger partial charge in [-0.05, 0) is 40.2 Å². The van der Waals surface area contributed by atoms with Crippen LogP contribution >= 0.6 is 0 Å². The Morgan fingerprint density at radius 3 is 2.80 bits per heavy atom. The van der Waals surface area contributed by atoms with Crippen molar-refractivity contribution in [3.8, 4) is 0 Å². The van der Waals surface area contributed by atoms with E-state index in [4.69, 9.17) is 4.74 Å². The van der Waals surface area contributed by atoms with Crippen molar-refractivity contribution in [3.05, 3.63) is 0 Å². The maximum absolute atomic E-state index is 6.03. The molecular formula is C12H26N2O. The minimum absolute atomic E-state index is 0.0274. The van der Waals surface area contributed by atoms with E-state index in [9.17, 15) is 0 Å². The standard InChI is InChI=1S/C12H26N2O/c1-5-13-9-12(4)7-6-8-14(10-15-12)11(2)3/h11,13H,5-10H2,1-4H3. The average Bonchev–Trinajstić information content (AvgIpc) is 2.38. The lowest BCUT2D eigenvalue weighted by atomic mass is 10.00. The van der Waals surface area contributed by atoms with Crippen LogP contribution in [0.15, 0.2) is 0 Å². The highest BCUT2D eigenvalue weighted by atomic mass is 16.5. The van der Waals surface area contributed by atoms with Crippen molar-refractivity contribution in [1.82, 2.24) is 10.2 Å². The van der Waals surface area contributed by atoms with E-state index in [1.807, 2.05) is 0 Å². The van der Waals surface area contributed by atoms with Crippen molar-refractivity contribution < 1.29 is 4.74 Å². The van der Waals surface area contributed by atoms with Crippen LogP contribution in [0, 0.1) is 0 Å². The highest BCUT2D eigenvalue weighted by Crippen LogP contribution is 2.22. The van der Waals surface area contributed by atoms with E-state index in [0.717, 1.165) is 26.2 Å². The van der Waals surface area contributed by atoms with Crippen LogP contribution in [0.5, 0.6) is 0 Å². The summed E-state index contributed by atoms with van der Waals surface area (Å²) in [5.41, 5.74) is 0.0274. The highest BCUT2D eigenvalue weighted by Gasteiger charge is 2.28. The van der Waals surface area contributed by atoms with E-state index in [-0.39, 0.29) is 5.60 Å². The van der Waals surface area contributed by atoms with E-state index in [1.54, 1.807) is 0 Å². The molecule has 0 spiro atoms. The van der Waals surface area contributed by atoms with E-state index in [0.29, 0.717) is 6.04 Å². The monoisotopic (exact) mass is 214 g/mol. The van der Waals surface area contributed by atoms with Gasteiger partial charge in [0.1, 0.15) is 6.73 Å². The Hall–Kier alpha value is -0.120. The molecule has 1 rings (SSSR count). The van der Waals surface area contributed by atoms with Gasteiger partial charge in [0, 0.05) is 19.1 Å². The highest BCUT2D eigenvalue weighted by molar-refractivity contribution is 4.81. The topological polar surface area (TPSA) is 24.5 Å². The molecule has 1 fully saturated rings. The fourth-order valence-electron chi connectivity index (χ4n) is 1.97. The molecule has 1 N–H and O–H groups in total. The summed E-state index contributed by atoms with van der Waals surface area (Å²) in [5.74, 6) is 0. The number of hydrogen-bond donors (Lipinski definition) is 1. The van der Waals surface area contributed by atoms with Crippen LogP contribution in [0.1, 0.15) is 40.5 Å². The van der Waals surface area contributed by atoms with Gasteiger partial charge < -0.3 is 10.1 Å². The zero-order valence-electron chi connectivity index (χ0n) is 10.7. The first-order valence-corrected chi connectivity index (χ1v) is 6.16. The van der Waals surface area contributed by atoms with Crippen LogP contribution in [-0.2, 0) is 4.74 Å². The third-order valence-electron chi connectivity index (χ3n) is 3.21. The second-order valence-electron chi connectivity index (χ2n) is 5.01. The summed E-state index contributed by atoms with van der Waals surface area (Å²) in [6.45, 7) is 12.8. The Morgan fingerprint density at radius 2 is 2.20 bits per heavy atom. The molecule has 1 unspecified atom stereocenters. The molecule has 0 saturated carbocycles. The Bertz CT molecular complexity index is 184. The van der Waals surface area contributed by atoms with Gasteiger partial charge in [0.05, 0.1) is 5.60 Å². The van der Waals surface area contributed by atoms with Crippen LogP contribution in [0.2, 0.25) is 0 Å². The number of ether oxygens (including phenoxy) is 1. The summed E-state index contributed by atoms with van der Waals surface area (Å²) in [6.07, 6.45) is 2.39. The summed E-state index contributed by atoms with van der Waals surface area (Å²) < 4.78 is 6.03. The van der Waals surface area contributed by atoms with Gasteiger partial charge in [-0.25, -0.2) is 0 Å². The maximum Gasteiger partial charge on any atom is 0.100 e. The molecule has 1 aliphatic rings. The molecule has 0 bridgehead atoms. The molecule has 0 amide bonds. The van der Waals surface area contributed by atoms with Crippen LogP contribution in [0.4, 0.5) is 0 Å². The fraction of sp³-hybridized carbons (Fsp3) is 1.00. The third-order valence-corrected chi connectivity index (χ3v) is 3.21. The predicted molar refractivity (Wildman–Crippen MR) is 64.0 cm³/mol. The van der Waals surface area contributed by atoms with Crippen molar-refractivity contribution >= 4 is 0 Å². The molecule has 0 aromatic heterocycles. The quantitative estimate of drug-likeness (QED) is 0.773. The van der Waals surface area contributed by atoms with E-state index >= 15 is 0 Å². The van der Waals surface area contributed by atoms with Crippen molar-refractivity contribution in [2.45, 2.75) is 52.2 Å². The lowest BCUT2D eigenvalue weighted by Crippen LogP contribution is -2.41. The zero-order valence-corrected chi connectivity index (χ0v) is 10.7. The molecule has 3 nitrogen and oxygen atoms in total. The smallest absolute Gasteiger partial charge is 0.100 e. The number of likely N-dealkylation sites (N-methyl/N-ethyl adjacent to an activating group) is 1. The molecule has 1 atom stereocenters. The summed E-state index contributed by atoms with van der Waals surface area (Å²) in [5, 5.41) is 3.39. The van der Waals surface area contributed by atoms with E-state index < -0.39 is 0 Å². The van der Waals surface area contributed by atoms with Gasteiger partial charge in [-0.3, -0.25) is 4.90 Å². The molecule has 0 aromatic carbocycles. The summed E-state index contributed by atoms with van der Waals surface area (Å²) in [6, 6.07) is 0.589. The summed E-state index contributed by atoms with van der Waals surface area (Å²) in [4.78, 5) is 2.40. The van der Waals surface area contributed by atoms with Crippen molar-refractivity contribution in [2.24, 2.45) is 0 Å². The first-order chi connectivity index (χ1) is 7.07. The Labute approximate surface area is 94.2 Å². The molecule has 90 valence electrons. The second kappa shape index (κ2) is 5.83. The number of nitrogens with one attached hydrogen (secondary N) is 1. The normalized spacial score (nSPS) is 29.4. The van der Waals surface area contributed by atoms with Gasteiger partial charge in [0.25, 0.3) is 0 Å². The van der Waals surface area contributed by atoms with Gasteiger partial charge in [-0.2, -0.15) is 0 Å². The molecule has 1 saturated heterocycles. The molecule has 15 heavy (non-hydrogen) atoms. The Balaban J connectivity index is 2.43. The van der Waals surface area contributed by atoms with Crippen LogP contribution < -0.4 is 5.32 Å². The molecule has 1 aliphatic heterocycles. The van der Waals surface area contributed by atoms with E-state index in [1.165, 1.54) is 13.0 Å². The minimum atomic E-state index is 0.0274. The molecule has 0 radical (unpaired) electrons. The number of nitrogens with zero attached hydrogens (tertiary/aromatic N) is 1. The second-order valence-corrected chi connectivity index (χ2v) is 5.01.